The Hall–Kier alpha value is -2.55. The smallest absolute Gasteiger partial charge is 0.167 e. The van der Waals surface area contributed by atoms with Gasteiger partial charge >= 0.3 is 0 Å². The Labute approximate surface area is 111 Å². The Morgan fingerprint density at radius 3 is 2.63 bits per heavy atom. The lowest BCUT2D eigenvalue weighted by Crippen LogP contribution is -2.04. The molecule has 2 heterocycles. The lowest BCUT2D eigenvalue weighted by molar-refractivity contribution is 0.0994. The first-order valence-electron chi connectivity index (χ1n) is 6.10. The van der Waals surface area contributed by atoms with Gasteiger partial charge in [0, 0.05) is 36.0 Å². The highest BCUT2D eigenvalue weighted by molar-refractivity contribution is 6.08. The normalized spacial score (nSPS) is 10.5. The summed E-state index contributed by atoms with van der Waals surface area (Å²) in [6.45, 7) is 0. The molecule has 2 aromatic heterocycles. The number of carbonyl (C=O) groups excluding carboxylic acids is 1. The van der Waals surface area contributed by atoms with Crippen LogP contribution in [-0.2, 0) is 6.42 Å². The SMILES string of the molecule is O=C(Cc1ccncc1)c1cccc2ncccc12. The van der Waals surface area contributed by atoms with E-state index in [-0.39, 0.29) is 5.78 Å². The number of benzene rings is 1. The second-order valence-electron chi connectivity index (χ2n) is 4.33. The van der Waals surface area contributed by atoms with Gasteiger partial charge in [0.25, 0.3) is 0 Å². The summed E-state index contributed by atoms with van der Waals surface area (Å²) in [7, 11) is 0. The van der Waals surface area contributed by atoms with E-state index in [2.05, 4.69) is 9.97 Å². The quantitative estimate of drug-likeness (QED) is 0.669. The Morgan fingerprint density at radius 2 is 1.79 bits per heavy atom. The highest BCUT2D eigenvalue weighted by Crippen LogP contribution is 2.18. The molecule has 0 unspecified atom stereocenters. The predicted molar refractivity (Wildman–Crippen MR) is 74.0 cm³/mol. The van der Waals surface area contributed by atoms with Gasteiger partial charge in [0.2, 0.25) is 0 Å². The average Bonchev–Trinajstić information content (AvgIpc) is 2.47. The zero-order valence-corrected chi connectivity index (χ0v) is 10.3. The predicted octanol–water partition coefficient (Wildman–Crippen LogP) is 3.06. The summed E-state index contributed by atoms with van der Waals surface area (Å²) in [4.78, 5) is 20.6. The first-order valence-corrected chi connectivity index (χ1v) is 6.10. The van der Waals surface area contributed by atoms with E-state index in [0.717, 1.165) is 22.0 Å². The summed E-state index contributed by atoms with van der Waals surface area (Å²) < 4.78 is 0. The molecule has 0 aliphatic rings. The van der Waals surface area contributed by atoms with Crippen molar-refractivity contribution in [2.75, 3.05) is 0 Å². The minimum atomic E-state index is 0.102. The molecular weight excluding hydrogens is 236 g/mol. The van der Waals surface area contributed by atoms with Gasteiger partial charge in [-0.15, -0.1) is 0 Å². The van der Waals surface area contributed by atoms with Crippen LogP contribution >= 0.6 is 0 Å². The maximum Gasteiger partial charge on any atom is 0.167 e. The van der Waals surface area contributed by atoms with Gasteiger partial charge in [-0.25, -0.2) is 0 Å². The van der Waals surface area contributed by atoms with Gasteiger partial charge in [0.15, 0.2) is 5.78 Å². The molecule has 0 atom stereocenters. The topological polar surface area (TPSA) is 42.9 Å². The Morgan fingerprint density at radius 1 is 0.947 bits per heavy atom. The zero-order chi connectivity index (χ0) is 13.1. The number of carbonyl (C=O) groups is 1. The van der Waals surface area contributed by atoms with Gasteiger partial charge < -0.3 is 0 Å². The lowest BCUT2D eigenvalue weighted by Gasteiger charge is -2.05. The van der Waals surface area contributed by atoms with Crippen LogP contribution in [0.1, 0.15) is 15.9 Å². The molecule has 3 rings (SSSR count). The molecule has 3 aromatic rings. The molecule has 0 saturated carbocycles. The highest BCUT2D eigenvalue weighted by atomic mass is 16.1. The van der Waals surface area contributed by atoms with Crippen molar-refractivity contribution in [2.24, 2.45) is 0 Å². The van der Waals surface area contributed by atoms with E-state index in [1.165, 1.54) is 0 Å². The van der Waals surface area contributed by atoms with Crippen LogP contribution < -0.4 is 0 Å². The second-order valence-corrected chi connectivity index (χ2v) is 4.33. The third-order valence-electron chi connectivity index (χ3n) is 3.06. The van der Waals surface area contributed by atoms with Crippen LogP contribution in [0.15, 0.2) is 61.1 Å². The van der Waals surface area contributed by atoms with E-state index in [9.17, 15) is 4.79 Å². The number of nitrogens with zero attached hydrogens (tertiary/aromatic N) is 2. The van der Waals surface area contributed by atoms with Crippen LogP contribution in [0, 0.1) is 0 Å². The molecule has 0 fully saturated rings. The van der Waals surface area contributed by atoms with Gasteiger partial charge in [0.05, 0.1) is 5.52 Å². The van der Waals surface area contributed by atoms with Crippen molar-refractivity contribution in [3.63, 3.8) is 0 Å². The Bertz CT molecular complexity index is 718. The zero-order valence-electron chi connectivity index (χ0n) is 10.3. The van der Waals surface area contributed by atoms with Gasteiger partial charge in [-0.05, 0) is 29.8 Å². The molecule has 0 aliphatic carbocycles. The molecule has 19 heavy (non-hydrogen) atoms. The van der Waals surface area contributed by atoms with Crippen molar-refractivity contribution in [1.29, 1.82) is 0 Å². The monoisotopic (exact) mass is 248 g/mol. The van der Waals surface area contributed by atoms with Crippen LogP contribution in [0.3, 0.4) is 0 Å². The number of fused-ring (bicyclic) bond motifs is 1. The summed E-state index contributed by atoms with van der Waals surface area (Å²) in [5.41, 5.74) is 2.55. The molecule has 0 bridgehead atoms. The molecule has 3 heteroatoms. The van der Waals surface area contributed by atoms with E-state index in [1.54, 1.807) is 18.6 Å². The van der Waals surface area contributed by atoms with Crippen LogP contribution in [0.2, 0.25) is 0 Å². The van der Waals surface area contributed by atoms with Crippen molar-refractivity contribution in [3.8, 4) is 0 Å². The van der Waals surface area contributed by atoms with Crippen LogP contribution in [0.25, 0.3) is 10.9 Å². The molecule has 0 saturated heterocycles. The molecule has 0 N–H and O–H groups in total. The maximum atomic E-state index is 12.4. The summed E-state index contributed by atoms with van der Waals surface area (Å²) in [5.74, 6) is 0.102. The number of Topliss-reactive ketones (excluding diaryl/α,β-unsaturated/α-hetero) is 1. The number of aromatic nitrogens is 2. The number of hydrogen-bond acceptors (Lipinski definition) is 3. The molecule has 92 valence electrons. The molecule has 0 aliphatic heterocycles. The van der Waals surface area contributed by atoms with Gasteiger partial charge in [-0.1, -0.05) is 18.2 Å². The number of hydrogen-bond donors (Lipinski definition) is 0. The van der Waals surface area contributed by atoms with Crippen molar-refractivity contribution in [2.45, 2.75) is 6.42 Å². The minimum absolute atomic E-state index is 0.102. The van der Waals surface area contributed by atoms with Crippen molar-refractivity contribution >= 4 is 16.7 Å². The third kappa shape index (κ3) is 2.36. The van der Waals surface area contributed by atoms with Crippen LogP contribution in [0.5, 0.6) is 0 Å². The van der Waals surface area contributed by atoms with Crippen LogP contribution in [0.4, 0.5) is 0 Å². The third-order valence-corrected chi connectivity index (χ3v) is 3.06. The van der Waals surface area contributed by atoms with Crippen LogP contribution in [-0.4, -0.2) is 15.8 Å². The number of pyridine rings is 2. The van der Waals surface area contributed by atoms with Crippen molar-refractivity contribution in [1.82, 2.24) is 9.97 Å². The summed E-state index contributed by atoms with van der Waals surface area (Å²) in [6, 6.07) is 13.2. The maximum absolute atomic E-state index is 12.4. The Balaban J connectivity index is 1.98. The van der Waals surface area contributed by atoms with Gasteiger partial charge in [-0.3, -0.25) is 14.8 Å². The summed E-state index contributed by atoms with van der Waals surface area (Å²) >= 11 is 0. The van der Waals surface area contributed by atoms with Crippen molar-refractivity contribution < 1.29 is 4.79 Å². The standard InChI is InChI=1S/C16H12N2O/c19-16(11-12-6-9-17-10-7-12)14-3-1-5-15-13(14)4-2-8-18-15/h1-10H,11H2. The largest absolute Gasteiger partial charge is 0.294 e. The molecular formula is C16H12N2O. The number of ketones is 1. The fraction of sp³-hybridized carbons (Fsp3) is 0.0625. The van der Waals surface area contributed by atoms with E-state index >= 15 is 0 Å². The number of rotatable bonds is 3. The van der Waals surface area contributed by atoms with E-state index in [4.69, 9.17) is 0 Å². The molecule has 3 nitrogen and oxygen atoms in total. The van der Waals surface area contributed by atoms with E-state index < -0.39 is 0 Å². The minimum Gasteiger partial charge on any atom is -0.294 e. The Kier molecular flexibility index (Phi) is 3.02. The molecule has 0 amide bonds. The van der Waals surface area contributed by atoms with Crippen molar-refractivity contribution in [3.05, 3.63) is 72.2 Å². The van der Waals surface area contributed by atoms with Gasteiger partial charge in [0.1, 0.15) is 0 Å². The fourth-order valence-electron chi connectivity index (χ4n) is 2.13. The second kappa shape index (κ2) is 4.98. The van der Waals surface area contributed by atoms with Gasteiger partial charge in [-0.2, -0.15) is 0 Å². The first kappa shape index (κ1) is 11.5. The summed E-state index contributed by atoms with van der Waals surface area (Å²) in [5, 5.41) is 0.907. The average molecular weight is 248 g/mol. The van der Waals surface area contributed by atoms with E-state index in [0.29, 0.717) is 6.42 Å². The first-order chi connectivity index (χ1) is 9.34. The highest BCUT2D eigenvalue weighted by Gasteiger charge is 2.10. The lowest BCUT2D eigenvalue weighted by atomic mass is 10.00. The fourth-order valence-corrected chi connectivity index (χ4v) is 2.13. The molecule has 1 aromatic carbocycles. The summed E-state index contributed by atoms with van der Waals surface area (Å²) in [6.07, 6.45) is 5.52. The van der Waals surface area contributed by atoms with E-state index in [1.807, 2.05) is 42.5 Å². The molecule has 0 spiro atoms. The molecule has 0 radical (unpaired) electrons.